The topological polar surface area (TPSA) is 159 Å². The van der Waals surface area contributed by atoms with Crippen molar-refractivity contribution in [1.82, 2.24) is 9.97 Å². The molecule has 168 valence electrons. The van der Waals surface area contributed by atoms with E-state index in [1.165, 1.54) is 13.8 Å². The van der Waals surface area contributed by atoms with Crippen LogP contribution in [0.25, 0.3) is 0 Å². The van der Waals surface area contributed by atoms with Crippen molar-refractivity contribution in [2.45, 2.75) is 47.0 Å². The number of esters is 2. The Hall–Kier alpha value is -3.56. The van der Waals surface area contributed by atoms with Gasteiger partial charge in [-0.3, -0.25) is 9.59 Å². The predicted octanol–water partition coefficient (Wildman–Crippen LogP) is 2.16. The van der Waals surface area contributed by atoms with E-state index in [4.69, 9.17) is 9.47 Å². The number of carboxylic acids is 2. The quantitative estimate of drug-likeness (QED) is 0.414. The Morgan fingerprint density at radius 3 is 1.39 bits per heavy atom. The second-order valence-corrected chi connectivity index (χ2v) is 7.13. The van der Waals surface area contributed by atoms with Gasteiger partial charge in [0.25, 0.3) is 0 Å². The van der Waals surface area contributed by atoms with Gasteiger partial charge in [-0.25, -0.2) is 9.59 Å². The number of H-pyrrole nitrogens is 2. The number of carbonyl (C=O) groups is 4. The fraction of sp³-hybridized carbons (Fsp3) is 0.429. The molecule has 10 heteroatoms. The lowest BCUT2D eigenvalue weighted by Gasteiger charge is -2.09. The molecule has 31 heavy (non-hydrogen) atoms. The number of nitrogens with one attached hydrogen (secondary N) is 2. The van der Waals surface area contributed by atoms with Gasteiger partial charge in [0, 0.05) is 44.5 Å². The number of hydrogen-bond acceptors (Lipinski definition) is 6. The van der Waals surface area contributed by atoms with Crippen LogP contribution in [0.15, 0.2) is 0 Å². The minimum Gasteiger partial charge on any atom is -0.477 e. The van der Waals surface area contributed by atoms with Gasteiger partial charge >= 0.3 is 23.9 Å². The van der Waals surface area contributed by atoms with Crippen molar-refractivity contribution in [1.29, 1.82) is 0 Å². The largest absolute Gasteiger partial charge is 0.477 e. The summed E-state index contributed by atoms with van der Waals surface area (Å²) in [5.74, 6) is -3.12. The van der Waals surface area contributed by atoms with Crippen LogP contribution in [0, 0.1) is 13.8 Å². The van der Waals surface area contributed by atoms with E-state index in [-0.39, 0.29) is 31.0 Å². The molecule has 0 unspecified atom stereocenters. The summed E-state index contributed by atoms with van der Waals surface area (Å²) >= 11 is 0. The fourth-order valence-electron chi connectivity index (χ4n) is 3.57. The van der Waals surface area contributed by atoms with Gasteiger partial charge in [-0.2, -0.15) is 0 Å². The third kappa shape index (κ3) is 5.74. The molecule has 0 aliphatic rings. The molecule has 0 aliphatic carbocycles. The Labute approximate surface area is 178 Å². The summed E-state index contributed by atoms with van der Waals surface area (Å²) in [6.07, 6.45) is 0.810. The Bertz CT molecular complexity index is 935. The second-order valence-electron chi connectivity index (χ2n) is 7.13. The molecule has 0 amide bonds. The number of carboxylic acid groups (broad SMARTS) is 2. The SMILES string of the molecule is CC(=O)OCCc1c(Cc2[nH]c(C(=O)O)c(C)c2CCOC(C)=O)[nH]c(C(=O)O)c1C. The number of carbonyl (C=O) groups excluding carboxylic acids is 2. The maximum absolute atomic E-state index is 11.6. The van der Waals surface area contributed by atoms with Crippen molar-refractivity contribution in [2.24, 2.45) is 0 Å². The maximum atomic E-state index is 11.6. The summed E-state index contributed by atoms with van der Waals surface area (Å²) in [5, 5.41) is 19.0. The number of aromatic nitrogens is 2. The van der Waals surface area contributed by atoms with Crippen molar-refractivity contribution in [3.05, 3.63) is 45.0 Å². The molecule has 0 bridgehead atoms. The molecule has 0 saturated heterocycles. The highest BCUT2D eigenvalue weighted by Gasteiger charge is 2.23. The third-order valence-electron chi connectivity index (χ3n) is 5.03. The van der Waals surface area contributed by atoms with E-state index in [9.17, 15) is 29.4 Å². The molecule has 0 radical (unpaired) electrons. The summed E-state index contributed by atoms with van der Waals surface area (Å²) < 4.78 is 9.99. The van der Waals surface area contributed by atoms with Crippen molar-refractivity contribution in [2.75, 3.05) is 13.2 Å². The number of rotatable bonds is 10. The smallest absolute Gasteiger partial charge is 0.352 e. The van der Waals surface area contributed by atoms with Crippen LogP contribution in [-0.4, -0.2) is 57.3 Å². The van der Waals surface area contributed by atoms with Crippen molar-refractivity contribution in [3.63, 3.8) is 0 Å². The Morgan fingerprint density at radius 2 is 1.10 bits per heavy atom. The zero-order valence-electron chi connectivity index (χ0n) is 17.9. The molecule has 0 aromatic carbocycles. The standard InChI is InChI=1S/C21H26N2O8/c1-10-14(5-7-30-12(3)24)16(22-18(10)20(26)27)9-17-15(6-8-31-13(4)25)11(2)19(23-17)21(28)29/h22-23H,5-9H2,1-4H3,(H,26,27)(H,28,29). The summed E-state index contributed by atoms with van der Waals surface area (Å²) in [7, 11) is 0. The Balaban J connectivity index is 2.43. The molecule has 2 aromatic rings. The molecular formula is C21H26N2O8. The summed E-state index contributed by atoms with van der Waals surface area (Å²) in [6, 6.07) is 0. The van der Waals surface area contributed by atoms with Crippen LogP contribution in [-0.2, 0) is 38.3 Å². The summed E-state index contributed by atoms with van der Waals surface area (Å²) in [4.78, 5) is 51.2. The minimum absolute atomic E-state index is 0.0241. The van der Waals surface area contributed by atoms with Gasteiger partial charge in [-0.15, -0.1) is 0 Å². The van der Waals surface area contributed by atoms with Crippen molar-refractivity contribution >= 4 is 23.9 Å². The van der Waals surface area contributed by atoms with E-state index in [1.54, 1.807) is 13.8 Å². The number of ether oxygens (including phenoxy) is 2. The van der Waals surface area contributed by atoms with Crippen molar-refractivity contribution < 1.29 is 38.9 Å². The number of hydrogen-bond donors (Lipinski definition) is 4. The maximum Gasteiger partial charge on any atom is 0.352 e. The van der Waals surface area contributed by atoms with E-state index in [0.29, 0.717) is 46.5 Å². The summed E-state index contributed by atoms with van der Waals surface area (Å²) in [5.41, 5.74) is 3.63. The molecule has 0 atom stereocenters. The van der Waals surface area contributed by atoms with Crippen LogP contribution < -0.4 is 0 Å². The lowest BCUT2D eigenvalue weighted by Crippen LogP contribution is -2.07. The second kappa shape index (κ2) is 9.96. The molecule has 2 aromatic heterocycles. The van der Waals surface area contributed by atoms with E-state index in [2.05, 4.69) is 9.97 Å². The molecule has 0 fully saturated rings. The average molecular weight is 434 g/mol. The first-order chi connectivity index (χ1) is 14.5. The zero-order valence-corrected chi connectivity index (χ0v) is 17.9. The first-order valence-electron chi connectivity index (χ1n) is 9.66. The van der Waals surface area contributed by atoms with Gasteiger partial charge in [0.2, 0.25) is 0 Å². The normalized spacial score (nSPS) is 10.7. The Morgan fingerprint density at radius 1 is 0.742 bits per heavy atom. The van der Waals surface area contributed by atoms with Crippen LogP contribution >= 0.6 is 0 Å². The molecule has 10 nitrogen and oxygen atoms in total. The highest BCUT2D eigenvalue weighted by molar-refractivity contribution is 5.89. The molecular weight excluding hydrogens is 408 g/mol. The van der Waals surface area contributed by atoms with E-state index in [1.807, 2.05) is 0 Å². The zero-order chi connectivity index (χ0) is 23.3. The third-order valence-corrected chi connectivity index (χ3v) is 5.03. The predicted molar refractivity (Wildman–Crippen MR) is 108 cm³/mol. The van der Waals surface area contributed by atoms with E-state index < -0.39 is 23.9 Å². The van der Waals surface area contributed by atoms with Crippen LogP contribution in [0.2, 0.25) is 0 Å². The lowest BCUT2D eigenvalue weighted by molar-refractivity contribution is -0.141. The van der Waals surface area contributed by atoms with Gasteiger partial charge in [0.15, 0.2) is 0 Å². The van der Waals surface area contributed by atoms with Crippen LogP contribution in [0.5, 0.6) is 0 Å². The fourth-order valence-corrected chi connectivity index (χ4v) is 3.57. The molecule has 2 heterocycles. The Kier molecular flexibility index (Phi) is 7.62. The van der Waals surface area contributed by atoms with E-state index >= 15 is 0 Å². The number of aromatic amines is 2. The molecule has 4 N–H and O–H groups in total. The minimum atomic E-state index is -1.12. The lowest BCUT2D eigenvalue weighted by atomic mass is 10.0. The van der Waals surface area contributed by atoms with Gasteiger partial charge in [-0.05, 0) is 36.1 Å². The molecule has 0 aliphatic heterocycles. The summed E-state index contributed by atoms with van der Waals surface area (Å²) in [6.45, 7) is 6.08. The molecule has 2 rings (SSSR count). The highest BCUT2D eigenvalue weighted by atomic mass is 16.5. The number of aromatic carboxylic acids is 2. The van der Waals surface area contributed by atoms with Gasteiger partial charge in [0.05, 0.1) is 13.2 Å². The van der Waals surface area contributed by atoms with Gasteiger partial charge in [-0.1, -0.05) is 0 Å². The average Bonchev–Trinajstić information content (AvgIpc) is 3.13. The van der Waals surface area contributed by atoms with Gasteiger partial charge < -0.3 is 29.7 Å². The van der Waals surface area contributed by atoms with Crippen molar-refractivity contribution in [3.8, 4) is 0 Å². The van der Waals surface area contributed by atoms with Crippen LogP contribution in [0.3, 0.4) is 0 Å². The monoisotopic (exact) mass is 434 g/mol. The first kappa shape index (κ1) is 23.7. The van der Waals surface area contributed by atoms with E-state index in [0.717, 1.165) is 0 Å². The van der Waals surface area contributed by atoms with Crippen LogP contribution in [0.1, 0.15) is 68.5 Å². The molecule has 0 saturated carbocycles. The first-order valence-corrected chi connectivity index (χ1v) is 9.66. The van der Waals surface area contributed by atoms with Crippen LogP contribution in [0.4, 0.5) is 0 Å². The molecule has 0 spiro atoms. The highest BCUT2D eigenvalue weighted by Crippen LogP contribution is 2.26. The van der Waals surface area contributed by atoms with Gasteiger partial charge in [0.1, 0.15) is 11.4 Å².